The lowest BCUT2D eigenvalue weighted by atomic mass is 9.72. The van der Waals surface area contributed by atoms with Crippen molar-refractivity contribution in [2.75, 3.05) is 0 Å². The maximum absolute atomic E-state index is 11.2. The Hall–Kier alpha value is -0.870. The molecule has 4 nitrogen and oxygen atoms in total. The zero-order valence-electron chi connectivity index (χ0n) is 12.5. The van der Waals surface area contributed by atoms with Crippen LogP contribution in [0.4, 0.5) is 0 Å². The molecule has 0 radical (unpaired) electrons. The summed E-state index contributed by atoms with van der Waals surface area (Å²) in [6.07, 6.45) is 6.71. The SMILES string of the molecule is C/C=C\[C@@H]1C[C@H](C(=O)O)N[C@H]1[C@@H](N)C(C)(CC)CC. The summed E-state index contributed by atoms with van der Waals surface area (Å²) < 4.78 is 0. The van der Waals surface area contributed by atoms with Crippen molar-refractivity contribution < 1.29 is 9.90 Å². The topological polar surface area (TPSA) is 75.3 Å². The lowest BCUT2D eigenvalue weighted by Crippen LogP contribution is -2.55. The molecule has 1 fully saturated rings. The molecule has 0 bridgehead atoms. The fourth-order valence-corrected chi connectivity index (χ4v) is 2.99. The molecule has 19 heavy (non-hydrogen) atoms. The summed E-state index contributed by atoms with van der Waals surface area (Å²) in [4.78, 5) is 11.2. The van der Waals surface area contributed by atoms with E-state index in [1.165, 1.54) is 0 Å². The molecule has 110 valence electrons. The standard InChI is InChI=1S/C15H28N2O2/c1-5-8-10-9-11(14(18)19)17-12(10)13(16)15(4,6-2)7-3/h5,8,10-13,17H,6-7,9,16H2,1-4H3,(H,18,19)/b8-5-/t10-,11-,12-,13-/m1/s1. The number of nitrogens with two attached hydrogens (primary N) is 1. The molecule has 1 aliphatic heterocycles. The first kappa shape index (κ1) is 16.2. The Morgan fingerprint density at radius 2 is 2.11 bits per heavy atom. The molecule has 4 N–H and O–H groups in total. The minimum atomic E-state index is -0.779. The lowest BCUT2D eigenvalue weighted by Gasteiger charge is -2.39. The zero-order chi connectivity index (χ0) is 14.6. The maximum atomic E-state index is 11.2. The number of rotatable bonds is 6. The van der Waals surface area contributed by atoms with Crippen LogP contribution < -0.4 is 11.1 Å². The fourth-order valence-electron chi connectivity index (χ4n) is 2.99. The highest BCUT2D eigenvalue weighted by molar-refractivity contribution is 5.74. The van der Waals surface area contributed by atoms with E-state index in [2.05, 4.69) is 32.2 Å². The Balaban J connectivity index is 2.92. The van der Waals surface area contributed by atoms with E-state index in [9.17, 15) is 9.90 Å². The summed E-state index contributed by atoms with van der Waals surface area (Å²) in [7, 11) is 0. The van der Waals surface area contributed by atoms with Crippen LogP contribution in [0, 0.1) is 11.3 Å². The smallest absolute Gasteiger partial charge is 0.320 e. The summed E-state index contributed by atoms with van der Waals surface area (Å²) in [5, 5.41) is 12.4. The van der Waals surface area contributed by atoms with Gasteiger partial charge in [-0.15, -0.1) is 0 Å². The van der Waals surface area contributed by atoms with Gasteiger partial charge in [0.2, 0.25) is 0 Å². The van der Waals surface area contributed by atoms with E-state index in [4.69, 9.17) is 5.73 Å². The van der Waals surface area contributed by atoms with Gasteiger partial charge in [0.05, 0.1) is 0 Å². The molecule has 1 rings (SSSR count). The van der Waals surface area contributed by atoms with E-state index >= 15 is 0 Å². The predicted molar refractivity (Wildman–Crippen MR) is 77.9 cm³/mol. The molecule has 1 saturated heterocycles. The van der Waals surface area contributed by atoms with Crippen molar-refractivity contribution in [1.29, 1.82) is 0 Å². The van der Waals surface area contributed by atoms with Gasteiger partial charge in [0.25, 0.3) is 0 Å². The van der Waals surface area contributed by atoms with Crippen molar-refractivity contribution in [2.45, 2.75) is 65.1 Å². The highest BCUT2D eigenvalue weighted by Gasteiger charge is 2.43. The van der Waals surface area contributed by atoms with Gasteiger partial charge in [0.1, 0.15) is 6.04 Å². The van der Waals surface area contributed by atoms with Gasteiger partial charge in [-0.3, -0.25) is 10.1 Å². The molecule has 4 heteroatoms. The van der Waals surface area contributed by atoms with Crippen LogP contribution in [-0.4, -0.2) is 29.2 Å². The Morgan fingerprint density at radius 3 is 2.53 bits per heavy atom. The second-order valence-electron chi connectivity index (χ2n) is 5.90. The number of carbonyl (C=O) groups is 1. The molecule has 1 heterocycles. The van der Waals surface area contributed by atoms with Gasteiger partial charge in [-0.25, -0.2) is 0 Å². The van der Waals surface area contributed by atoms with Crippen LogP contribution in [0.1, 0.15) is 47.0 Å². The first-order valence-electron chi connectivity index (χ1n) is 7.26. The minimum absolute atomic E-state index is 0.0342. The summed E-state index contributed by atoms with van der Waals surface area (Å²) >= 11 is 0. The molecule has 0 spiro atoms. The molecule has 1 aliphatic rings. The van der Waals surface area contributed by atoms with Crippen molar-refractivity contribution in [3.05, 3.63) is 12.2 Å². The van der Waals surface area contributed by atoms with Gasteiger partial charge in [-0.2, -0.15) is 0 Å². The third kappa shape index (κ3) is 3.37. The number of carboxylic acids is 1. The van der Waals surface area contributed by atoms with Gasteiger partial charge in [-0.1, -0.05) is 32.9 Å². The first-order valence-corrected chi connectivity index (χ1v) is 7.26. The number of nitrogens with one attached hydrogen (secondary N) is 1. The number of carboxylic acid groups (broad SMARTS) is 1. The minimum Gasteiger partial charge on any atom is -0.480 e. The molecule has 4 atom stereocenters. The molecule has 0 aliphatic carbocycles. The predicted octanol–water partition coefficient (Wildman–Crippen LogP) is 2.15. The number of hydrogen-bond donors (Lipinski definition) is 3. The normalized spacial score (nSPS) is 29.8. The summed E-state index contributed by atoms with van der Waals surface area (Å²) in [5.74, 6) is -0.572. The number of hydrogen-bond acceptors (Lipinski definition) is 3. The average Bonchev–Trinajstić information content (AvgIpc) is 2.81. The molecular formula is C15H28N2O2. The second kappa shape index (κ2) is 6.53. The lowest BCUT2D eigenvalue weighted by molar-refractivity contribution is -0.139. The summed E-state index contributed by atoms with van der Waals surface area (Å²) in [6.45, 7) is 8.46. The van der Waals surface area contributed by atoms with Gasteiger partial charge in [-0.05, 0) is 37.5 Å². The van der Waals surface area contributed by atoms with Crippen LogP contribution in [0.5, 0.6) is 0 Å². The number of aliphatic carboxylic acids is 1. The van der Waals surface area contributed by atoms with E-state index in [1.807, 2.05) is 13.0 Å². The van der Waals surface area contributed by atoms with Crippen molar-refractivity contribution in [3.63, 3.8) is 0 Å². The van der Waals surface area contributed by atoms with E-state index in [1.54, 1.807) is 0 Å². The molecule has 0 unspecified atom stereocenters. The van der Waals surface area contributed by atoms with Crippen LogP contribution in [0.25, 0.3) is 0 Å². The van der Waals surface area contributed by atoms with Crippen LogP contribution in [0.2, 0.25) is 0 Å². The van der Waals surface area contributed by atoms with Crippen LogP contribution in [-0.2, 0) is 4.79 Å². The molecule has 0 aromatic carbocycles. The van der Waals surface area contributed by atoms with Gasteiger partial charge in [0.15, 0.2) is 0 Å². The first-order chi connectivity index (χ1) is 8.89. The van der Waals surface area contributed by atoms with Crippen LogP contribution in [0.3, 0.4) is 0 Å². The Kier molecular flexibility index (Phi) is 5.56. The molecule has 0 saturated carbocycles. The van der Waals surface area contributed by atoms with Crippen LogP contribution >= 0.6 is 0 Å². The molecular weight excluding hydrogens is 240 g/mol. The Bertz CT molecular complexity index is 337. The Labute approximate surface area is 116 Å². The second-order valence-corrected chi connectivity index (χ2v) is 5.90. The zero-order valence-corrected chi connectivity index (χ0v) is 12.5. The van der Waals surface area contributed by atoms with Crippen molar-refractivity contribution in [2.24, 2.45) is 17.1 Å². The quantitative estimate of drug-likeness (QED) is 0.645. The van der Waals surface area contributed by atoms with E-state index in [0.717, 1.165) is 12.8 Å². The maximum Gasteiger partial charge on any atom is 0.320 e. The van der Waals surface area contributed by atoms with E-state index in [0.29, 0.717) is 6.42 Å². The highest BCUT2D eigenvalue weighted by Crippen LogP contribution is 2.35. The van der Waals surface area contributed by atoms with E-state index < -0.39 is 12.0 Å². The largest absolute Gasteiger partial charge is 0.480 e. The third-order valence-electron chi connectivity index (χ3n) is 4.91. The Morgan fingerprint density at radius 1 is 1.53 bits per heavy atom. The van der Waals surface area contributed by atoms with Gasteiger partial charge >= 0.3 is 5.97 Å². The van der Waals surface area contributed by atoms with Crippen molar-refractivity contribution >= 4 is 5.97 Å². The highest BCUT2D eigenvalue weighted by atomic mass is 16.4. The monoisotopic (exact) mass is 268 g/mol. The molecule has 0 aromatic heterocycles. The fraction of sp³-hybridized carbons (Fsp3) is 0.800. The summed E-state index contributed by atoms with van der Waals surface area (Å²) in [6, 6.07) is -0.467. The van der Waals surface area contributed by atoms with Crippen molar-refractivity contribution in [3.8, 4) is 0 Å². The van der Waals surface area contributed by atoms with Gasteiger partial charge < -0.3 is 10.8 Å². The summed E-state index contributed by atoms with van der Waals surface area (Å²) in [5.41, 5.74) is 6.52. The molecule has 0 amide bonds. The number of allylic oxidation sites excluding steroid dienone is 1. The van der Waals surface area contributed by atoms with Crippen molar-refractivity contribution in [1.82, 2.24) is 5.32 Å². The molecule has 0 aromatic rings. The van der Waals surface area contributed by atoms with Crippen LogP contribution in [0.15, 0.2) is 12.2 Å². The van der Waals surface area contributed by atoms with Gasteiger partial charge in [0, 0.05) is 12.1 Å². The third-order valence-corrected chi connectivity index (χ3v) is 4.91. The average molecular weight is 268 g/mol. The van der Waals surface area contributed by atoms with E-state index in [-0.39, 0.29) is 23.4 Å².